The van der Waals surface area contributed by atoms with Crippen LogP contribution in [0, 0.1) is 0 Å². The molecule has 2 heterocycles. The molecule has 2 aliphatic rings. The van der Waals surface area contributed by atoms with Crippen molar-refractivity contribution in [3.05, 3.63) is 85.1 Å². The lowest BCUT2D eigenvalue weighted by molar-refractivity contribution is -0.359. The van der Waals surface area contributed by atoms with Crippen LogP contribution in [-0.4, -0.2) is 140 Å². The van der Waals surface area contributed by atoms with E-state index in [1.54, 1.807) is 6.08 Å². The smallest absolute Gasteiger partial charge is 0.220 e. The van der Waals surface area contributed by atoms with Gasteiger partial charge in [-0.3, -0.25) is 4.79 Å². The monoisotopic (exact) mass is 1130 g/mol. The first kappa shape index (κ1) is 73.3. The van der Waals surface area contributed by atoms with Crippen LogP contribution in [0.1, 0.15) is 232 Å². The van der Waals surface area contributed by atoms with Crippen molar-refractivity contribution < 1.29 is 64.6 Å². The Morgan fingerprint density at radius 1 is 0.463 bits per heavy atom. The summed E-state index contributed by atoms with van der Waals surface area (Å²) in [6.07, 6.45) is 52.4. The number of rotatable bonds is 50. The maximum atomic E-state index is 13.2. The summed E-state index contributed by atoms with van der Waals surface area (Å²) in [4.78, 5) is 13.2. The molecule has 462 valence electrons. The first-order chi connectivity index (χ1) is 39.1. The molecule has 9 N–H and O–H groups in total. The minimum absolute atomic E-state index is 0.255. The molecule has 0 aliphatic carbocycles. The number of amides is 1. The van der Waals surface area contributed by atoms with Crippen molar-refractivity contribution in [1.29, 1.82) is 0 Å². The average molecular weight is 1130 g/mol. The van der Waals surface area contributed by atoms with Gasteiger partial charge in [-0.2, -0.15) is 0 Å². The van der Waals surface area contributed by atoms with E-state index >= 15 is 0 Å². The molecule has 0 aromatic rings. The summed E-state index contributed by atoms with van der Waals surface area (Å²) >= 11 is 0. The van der Waals surface area contributed by atoms with Gasteiger partial charge in [0, 0.05) is 6.42 Å². The molecule has 14 nitrogen and oxygen atoms in total. The molecule has 0 radical (unpaired) electrons. The van der Waals surface area contributed by atoms with Crippen LogP contribution in [0.4, 0.5) is 0 Å². The standard InChI is InChI=1S/C66H115NO13/c1-3-5-7-9-11-13-15-16-17-18-19-20-21-22-23-24-25-26-27-28-29-30-31-32-33-34-35-36-37-38-40-42-44-46-48-50-58(71)67-54(55(70)49-47-45-43-41-39-14-12-10-8-6-4-2)53-77-65-63(76)61(74)64(57(52-69)79-65)80-66-62(75)60(73)59(72)56(51-68)78-66/h5,7-8,10-11,13,16-17,19-20,39,41,47,49,54-57,59-66,68-70,72-76H,3-4,6,9,12,14-15,18,21-38,40,42-46,48,50-53H2,1-2H3,(H,67,71)/b7-5-,10-8+,13-11-,17-16-,20-19-,41-39+,49-47+. The van der Waals surface area contributed by atoms with Crippen molar-refractivity contribution in [1.82, 2.24) is 5.32 Å². The highest BCUT2D eigenvalue weighted by atomic mass is 16.7. The Hall–Kier alpha value is -2.83. The summed E-state index contributed by atoms with van der Waals surface area (Å²) in [5, 5.41) is 86.9. The molecule has 0 bridgehead atoms. The van der Waals surface area contributed by atoms with Crippen molar-refractivity contribution in [3.63, 3.8) is 0 Å². The minimum Gasteiger partial charge on any atom is -0.394 e. The van der Waals surface area contributed by atoms with E-state index in [0.29, 0.717) is 12.8 Å². The summed E-state index contributed by atoms with van der Waals surface area (Å²) < 4.78 is 22.7. The first-order valence-electron chi connectivity index (χ1n) is 31.8. The third-order valence-corrected chi connectivity index (χ3v) is 15.0. The molecule has 12 unspecified atom stereocenters. The second-order valence-corrected chi connectivity index (χ2v) is 22.1. The summed E-state index contributed by atoms with van der Waals surface area (Å²) in [6.45, 7) is 2.58. The van der Waals surface area contributed by atoms with E-state index in [9.17, 15) is 45.6 Å². The Labute approximate surface area is 484 Å². The highest BCUT2D eigenvalue weighted by molar-refractivity contribution is 5.76. The van der Waals surface area contributed by atoms with Crippen LogP contribution in [0.15, 0.2) is 85.1 Å². The zero-order valence-corrected chi connectivity index (χ0v) is 49.8. The van der Waals surface area contributed by atoms with Crippen LogP contribution in [-0.2, 0) is 23.7 Å². The first-order valence-corrected chi connectivity index (χ1v) is 31.8. The molecule has 2 fully saturated rings. The molecular formula is C66H115NO13. The van der Waals surface area contributed by atoms with Crippen LogP contribution in [0.2, 0.25) is 0 Å². The third kappa shape index (κ3) is 35.3. The molecule has 0 aromatic heterocycles. The highest BCUT2D eigenvalue weighted by Crippen LogP contribution is 2.30. The summed E-state index contributed by atoms with van der Waals surface area (Å²) in [5.74, 6) is -0.255. The normalized spacial score (nSPS) is 24.8. The number of allylic oxidation sites excluding steroid dienone is 13. The Bertz CT molecular complexity index is 1660. The number of carbonyl (C=O) groups is 1. The molecule has 12 atom stereocenters. The Morgan fingerprint density at radius 2 is 0.875 bits per heavy atom. The van der Waals surface area contributed by atoms with Gasteiger partial charge in [-0.15, -0.1) is 0 Å². The Kier molecular flexibility index (Phi) is 46.4. The van der Waals surface area contributed by atoms with E-state index < -0.39 is 86.8 Å². The second-order valence-electron chi connectivity index (χ2n) is 22.1. The van der Waals surface area contributed by atoms with Crippen molar-refractivity contribution >= 4 is 5.91 Å². The molecule has 1 amide bonds. The quantitative estimate of drug-likeness (QED) is 0.0204. The van der Waals surface area contributed by atoms with Gasteiger partial charge >= 0.3 is 0 Å². The molecule has 80 heavy (non-hydrogen) atoms. The van der Waals surface area contributed by atoms with Gasteiger partial charge in [0.2, 0.25) is 5.91 Å². The molecule has 2 saturated heterocycles. The van der Waals surface area contributed by atoms with Gasteiger partial charge in [0.1, 0.15) is 48.8 Å². The van der Waals surface area contributed by atoms with Gasteiger partial charge in [-0.1, -0.05) is 234 Å². The fourth-order valence-electron chi connectivity index (χ4n) is 9.97. The van der Waals surface area contributed by atoms with Gasteiger partial charge in [0.05, 0.1) is 32.0 Å². The molecule has 2 rings (SSSR count). The maximum Gasteiger partial charge on any atom is 0.220 e. The maximum absolute atomic E-state index is 13.2. The number of hydrogen-bond donors (Lipinski definition) is 9. The number of nitrogens with one attached hydrogen (secondary N) is 1. The fourth-order valence-corrected chi connectivity index (χ4v) is 9.97. The number of aliphatic hydroxyl groups excluding tert-OH is 8. The summed E-state index contributed by atoms with van der Waals surface area (Å²) in [7, 11) is 0. The van der Waals surface area contributed by atoms with Crippen molar-refractivity contribution in [2.75, 3.05) is 19.8 Å². The predicted molar refractivity (Wildman–Crippen MR) is 323 cm³/mol. The number of carbonyl (C=O) groups excluding carboxylic acids is 1. The van der Waals surface area contributed by atoms with Gasteiger partial charge in [-0.05, 0) is 77.0 Å². The number of ether oxygens (including phenoxy) is 4. The van der Waals surface area contributed by atoms with Crippen molar-refractivity contribution in [2.24, 2.45) is 0 Å². The molecule has 0 saturated carbocycles. The van der Waals surface area contributed by atoms with Gasteiger partial charge < -0.3 is 65.1 Å². The summed E-state index contributed by atoms with van der Waals surface area (Å²) in [6, 6.07) is -0.938. The molecule has 2 aliphatic heterocycles. The van der Waals surface area contributed by atoms with E-state index in [2.05, 4.69) is 92.1 Å². The van der Waals surface area contributed by atoms with Gasteiger partial charge in [0.15, 0.2) is 12.6 Å². The van der Waals surface area contributed by atoms with Gasteiger partial charge in [0.25, 0.3) is 0 Å². The van der Waals surface area contributed by atoms with E-state index in [1.807, 2.05) is 6.08 Å². The Balaban J connectivity index is 1.59. The third-order valence-electron chi connectivity index (χ3n) is 15.0. The van der Waals surface area contributed by atoms with Crippen LogP contribution < -0.4 is 5.32 Å². The van der Waals surface area contributed by atoms with E-state index in [1.165, 1.54) is 122 Å². The van der Waals surface area contributed by atoms with Crippen LogP contribution in [0.25, 0.3) is 0 Å². The topological polar surface area (TPSA) is 228 Å². The largest absolute Gasteiger partial charge is 0.394 e. The number of hydrogen-bond acceptors (Lipinski definition) is 13. The molecule has 0 spiro atoms. The second kappa shape index (κ2) is 50.7. The van der Waals surface area contributed by atoms with Crippen molar-refractivity contribution in [3.8, 4) is 0 Å². The van der Waals surface area contributed by atoms with Crippen molar-refractivity contribution in [2.45, 2.75) is 306 Å². The van der Waals surface area contributed by atoms with E-state index in [4.69, 9.17) is 18.9 Å². The lowest BCUT2D eigenvalue weighted by Crippen LogP contribution is -2.65. The lowest BCUT2D eigenvalue weighted by Gasteiger charge is -2.46. The number of aliphatic hydroxyl groups is 8. The van der Waals surface area contributed by atoms with E-state index in [-0.39, 0.29) is 18.9 Å². The highest BCUT2D eigenvalue weighted by Gasteiger charge is 2.51. The van der Waals surface area contributed by atoms with E-state index in [0.717, 1.165) is 77.0 Å². The number of unbranched alkanes of at least 4 members (excludes halogenated alkanes) is 25. The zero-order chi connectivity index (χ0) is 58.1. The Morgan fingerprint density at radius 3 is 1.36 bits per heavy atom. The SMILES string of the molecule is CC/C=C\C/C=C\C/C=C\C/C=C\CCCCCCCCCCCCCCCCCCCCCCCCC(=O)NC(COC1OC(CO)C(OC2OC(CO)C(O)C(O)C2O)C(O)C1O)C(O)/C=C/CC/C=C/CC/C=C/CCC. The lowest BCUT2D eigenvalue weighted by atomic mass is 9.97. The van der Waals surface area contributed by atoms with Gasteiger partial charge in [-0.25, -0.2) is 0 Å². The van der Waals surface area contributed by atoms with Crippen LogP contribution in [0.5, 0.6) is 0 Å². The minimum atomic E-state index is -1.79. The molecular weight excluding hydrogens is 1010 g/mol. The van der Waals surface area contributed by atoms with Crippen LogP contribution in [0.3, 0.4) is 0 Å². The zero-order valence-electron chi connectivity index (χ0n) is 49.8. The summed E-state index contributed by atoms with van der Waals surface area (Å²) in [5.41, 5.74) is 0. The fraction of sp³-hybridized carbons (Fsp3) is 0.773. The average Bonchev–Trinajstić information content (AvgIpc) is 3.46. The molecule has 0 aromatic carbocycles. The molecule has 14 heteroatoms. The van der Waals surface area contributed by atoms with Crippen LogP contribution >= 0.6 is 0 Å². The predicted octanol–water partition coefficient (Wildman–Crippen LogP) is 11.7.